The van der Waals surface area contributed by atoms with Crippen LogP contribution in [-0.2, 0) is 0 Å². The van der Waals surface area contributed by atoms with Crippen molar-refractivity contribution in [1.82, 2.24) is 24.8 Å². The summed E-state index contributed by atoms with van der Waals surface area (Å²) in [5.41, 5.74) is 1.96. The second kappa shape index (κ2) is 6.69. The summed E-state index contributed by atoms with van der Waals surface area (Å²) in [7, 11) is 1.41. The van der Waals surface area contributed by atoms with Crippen LogP contribution in [0.2, 0.25) is 5.02 Å². The van der Waals surface area contributed by atoms with E-state index in [1.165, 1.54) is 36.2 Å². The van der Waals surface area contributed by atoms with Gasteiger partial charge in [0.2, 0.25) is 0 Å². The molecule has 27 heavy (non-hydrogen) atoms. The van der Waals surface area contributed by atoms with Gasteiger partial charge in [0.1, 0.15) is 17.1 Å². The zero-order chi connectivity index (χ0) is 19.0. The van der Waals surface area contributed by atoms with Gasteiger partial charge in [-0.3, -0.25) is 9.89 Å². The van der Waals surface area contributed by atoms with Gasteiger partial charge >= 0.3 is 0 Å². The van der Waals surface area contributed by atoms with Gasteiger partial charge in [0.05, 0.1) is 35.9 Å². The molecule has 0 aliphatic heterocycles. The van der Waals surface area contributed by atoms with Crippen LogP contribution >= 0.6 is 11.6 Å². The van der Waals surface area contributed by atoms with Gasteiger partial charge in [-0.15, -0.1) is 0 Å². The quantitative estimate of drug-likeness (QED) is 0.561. The predicted octanol–water partition coefficient (Wildman–Crippen LogP) is 3.17. The first-order valence-corrected chi connectivity index (χ1v) is 8.12. The van der Waals surface area contributed by atoms with E-state index in [-0.39, 0.29) is 10.8 Å². The Bertz CT molecular complexity index is 1160. The van der Waals surface area contributed by atoms with Crippen LogP contribution < -0.4 is 10.1 Å². The largest absolute Gasteiger partial charge is 0.496 e. The van der Waals surface area contributed by atoms with Crippen molar-refractivity contribution in [3.8, 4) is 17.0 Å². The number of ether oxygens (including phenoxy) is 1. The number of nitrogens with zero attached hydrogens (tertiary/aromatic N) is 4. The Balaban J connectivity index is 1.71. The minimum Gasteiger partial charge on any atom is -0.496 e. The summed E-state index contributed by atoms with van der Waals surface area (Å²) < 4.78 is 20.4. The number of benzene rings is 1. The van der Waals surface area contributed by atoms with Gasteiger partial charge in [-0.1, -0.05) is 11.6 Å². The van der Waals surface area contributed by atoms with Crippen molar-refractivity contribution in [2.45, 2.75) is 0 Å². The molecule has 8 nitrogen and oxygen atoms in total. The molecule has 0 saturated heterocycles. The Labute approximate surface area is 156 Å². The lowest BCUT2D eigenvalue weighted by molar-refractivity contribution is 0.102. The van der Waals surface area contributed by atoms with Gasteiger partial charge in [0.25, 0.3) is 5.91 Å². The lowest BCUT2D eigenvalue weighted by Gasteiger charge is -2.10. The first-order valence-electron chi connectivity index (χ1n) is 7.75. The number of amides is 1. The van der Waals surface area contributed by atoms with Gasteiger partial charge in [-0.25, -0.2) is 13.9 Å². The van der Waals surface area contributed by atoms with Crippen LogP contribution in [0.4, 0.5) is 10.1 Å². The molecule has 4 rings (SSSR count). The van der Waals surface area contributed by atoms with Gasteiger partial charge in [0, 0.05) is 24.0 Å². The number of aromatic nitrogens is 5. The van der Waals surface area contributed by atoms with Gasteiger partial charge in [-0.05, 0) is 12.1 Å². The summed E-state index contributed by atoms with van der Waals surface area (Å²) in [6.07, 6.45) is 6.12. The number of H-pyrrole nitrogens is 1. The summed E-state index contributed by atoms with van der Waals surface area (Å²) in [6, 6.07) is 4.27. The van der Waals surface area contributed by atoms with E-state index in [9.17, 15) is 9.18 Å². The molecule has 0 unspecified atom stereocenters. The molecule has 1 aromatic carbocycles. The molecule has 0 aliphatic carbocycles. The minimum atomic E-state index is -0.611. The van der Waals surface area contributed by atoms with Crippen molar-refractivity contribution in [3.63, 3.8) is 0 Å². The average Bonchev–Trinajstić information content (AvgIpc) is 3.30. The number of anilines is 1. The molecule has 4 aromatic rings. The molecule has 3 heterocycles. The van der Waals surface area contributed by atoms with Crippen LogP contribution in [0.5, 0.6) is 5.75 Å². The predicted molar refractivity (Wildman–Crippen MR) is 96.5 cm³/mol. The molecule has 1 amide bonds. The molecule has 0 fully saturated rings. The third-order valence-electron chi connectivity index (χ3n) is 3.92. The van der Waals surface area contributed by atoms with Gasteiger partial charge < -0.3 is 10.1 Å². The average molecular weight is 387 g/mol. The molecule has 3 aromatic heterocycles. The number of halogens is 2. The van der Waals surface area contributed by atoms with Crippen molar-refractivity contribution >= 4 is 28.8 Å². The zero-order valence-corrected chi connectivity index (χ0v) is 14.7. The van der Waals surface area contributed by atoms with Crippen molar-refractivity contribution < 1.29 is 13.9 Å². The first-order chi connectivity index (χ1) is 13.1. The third-order valence-corrected chi connectivity index (χ3v) is 4.21. The fourth-order valence-electron chi connectivity index (χ4n) is 2.66. The number of carbonyl (C=O) groups is 1. The van der Waals surface area contributed by atoms with Crippen LogP contribution in [0.15, 0.2) is 43.0 Å². The standard InChI is InChI=1S/C17H12ClFN6O2/c1-27-14-6-12(19)11(18)5-9(14)15-13(8-21-24-15)23-17(26)10-7-22-25-4-2-3-20-16(10)25/h2-8H,1H3,(H,21,24)(H,23,26). The van der Waals surface area contributed by atoms with Crippen LogP contribution in [0.25, 0.3) is 16.9 Å². The maximum Gasteiger partial charge on any atom is 0.261 e. The number of hydrogen-bond donors (Lipinski definition) is 2. The van der Waals surface area contributed by atoms with Gasteiger partial charge in [0.15, 0.2) is 5.65 Å². The van der Waals surface area contributed by atoms with Crippen molar-refractivity contribution in [3.05, 3.63) is 59.4 Å². The fourth-order valence-corrected chi connectivity index (χ4v) is 2.82. The molecule has 136 valence electrons. The van der Waals surface area contributed by atoms with E-state index in [1.807, 2.05) is 0 Å². The molecule has 0 spiro atoms. The second-order valence-electron chi connectivity index (χ2n) is 5.53. The first kappa shape index (κ1) is 17.0. The molecule has 0 aliphatic rings. The Hall–Kier alpha value is -3.46. The van der Waals surface area contributed by atoms with Crippen LogP contribution in [0.1, 0.15) is 10.4 Å². The highest BCUT2D eigenvalue weighted by atomic mass is 35.5. The molecular weight excluding hydrogens is 375 g/mol. The van der Waals surface area contributed by atoms with Crippen molar-refractivity contribution in [2.24, 2.45) is 0 Å². The van der Waals surface area contributed by atoms with E-state index in [1.54, 1.807) is 18.5 Å². The molecule has 2 N–H and O–H groups in total. The Kier molecular flexibility index (Phi) is 4.21. The van der Waals surface area contributed by atoms with Crippen LogP contribution in [-0.4, -0.2) is 37.8 Å². The van der Waals surface area contributed by atoms with E-state index in [0.29, 0.717) is 28.2 Å². The Morgan fingerprint density at radius 1 is 1.37 bits per heavy atom. The lowest BCUT2D eigenvalue weighted by atomic mass is 10.1. The number of methoxy groups -OCH3 is 1. The highest BCUT2D eigenvalue weighted by Crippen LogP contribution is 2.36. The topological polar surface area (TPSA) is 97.2 Å². The molecule has 0 bridgehead atoms. The van der Waals surface area contributed by atoms with Crippen LogP contribution in [0, 0.1) is 5.82 Å². The minimum absolute atomic E-state index is 0.0792. The molecule has 0 radical (unpaired) electrons. The zero-order valence-electron chi connectivity index (χ0n) is 13.9. The SMILES string of the molecule is COc1cc(F)c(Cl)cc1-c1[nH]ncc1NC(=O)c1cnn2cccnc12. The number of nitrogens with one attached hydrogen (secondary N) is 2. The normalized spacial score (nSPS) is 10.9. The highest BCUT2D eigenvalue weighted by Gasteiger charge is 2.20. The Morgan fingerprint density at radius 2 is 2.22 bits per heavy atom. The molecule has 0 saturated carbocycles. The summed E-state index contributed by atoms with van der Waals surface area (Å²) in [6.45, 7) is 0. The van der Waals surface area contributed by atoms with Crippen molar-refractivity contribution in [2.75, 3.05) is 12.4 Å². The Morgan fingerprint density at radius 3 is 3.04 bits per heavy atom. The van der Waals surface area contributed by atoms with E-state index in [2.05, 4.69) is 25.6 Å². The number of carbonyl (C=O) groups excluding carboxylic acids is 1. The maximum absolute atomic E-state index is 13.7. The second-order valence-corrected chi connectivity index (χ2v) is 5.93. The highest BCUT2D eigenvalue weighted by molar-refractivity contribution is 6.31. The van der Waals surface area contributed by atoms with E-state index < -0.39 is 11.7 Å². The summed E-state index contributed by atoms with van der Waals surface area (Å²) in [4.78, 5) is 16.8. The number of fused-ring (bicyclic) bond motifs is 1. The summed E-state index contributed by atoms with van der Waals surface area (Å²) in [5.74, 6) is -0.785. The summed E-state index contributed by atoms with van der Waals surface area (Å²) >= 11 is 5.89. The lowest BCUT2D eigenvalue weighted by Crippen LogP contribution is -2.12. The smallest absolute Gasteiger partial charge is 0.261 e. The number of hydrogen-bond acceptors (Lipinski definition) is 5. The fraction of sp³-hybridized carbons (Fsp3) is 0.0588. The van der Waals surface area contributed by atoms with E-state index >= 15 is 0 Å². The van der Waals surface area contributed by atoms with Gasteiger partial charge in [-0.2, -0.15) is 10.2 Å². The summed E-state index contributed by atoms with van der Waals surface area (Å²) in [5, 5.41) is 13.5. The third kappa shape index (κ3) is 2.97. The molecule has 0 atom stereocenters. The van der Waals surface area contributed by atoms with Crippen molar-refractivity contribution in [1.29, 1.82) is 0 Å². The maximum atomic E-state index is 13.7. The molecular formula is C17H12ClFN6O2. The van der Waals surface area contributed by atoms with Crippen LogP contribution in [0.3, 0.4) is 0 Å². The number of rotatable bonds is 4. The monoisotopic (exact) mass is 386 g/mol. The molecule has 10 heteroatoms. The number of aromatic amines is 1. The van der Waals surface area contributed by atoms with E-state index in [4.69, 9.17) is 16.3 Å². The van der Waals surface area contributed by atoms with E-state index in [0.717, 1.165) is 0 Å².